The molecule has 2 aromatic carbocycles. The quantitative estimate of drug-likeness (QED) is 0.282. The van der Waals surface area contributed by atoms with Crippen molar-refractivity contribution >= 4 is 35.3 Å². The number of thioether (sulfide) groups is 1. The van der Waals surface area contributed by atoms with Crippen molar-refractivity contribution in [3.8, 4) is 17.2 Å². The zero-order valence-corrected chi connectivity index (χ0v) is 16.6. The summed E-state index contributed by atoms with van der Waals surface area (Å²) in [5, 5.41) is 4.65. The molecule has 0 saturated carbocycles. The van der Waals surface area contributed by atoms with E-state index in [1.54, 1.807) is 28.8 Å². The molecule has 0 bridgehead atoms. The second kappa shape index (κ2) is 8.47. The largest absolute Gasteiger partial charge is 0.455 e. The molecule has 0 aliphatic heterocycles. The number of hydrogen-bond donors (Lipinski definition) is 0. The van der Waals surface area contributed by atoms with Crippen LogP contribution in [0.3, 0.4) is 0 Å². The third kappa shape index (κ3) is 4.44. The van der Waals surface area contributed by atoms with Crippen molar-refractivity contribution in [3.05, 3.63) is 88.6 Å². The van der Waals surface area contributed by atoms with Crippen LogP contribution in [-0.2, 0) is 5.75 Å². The van der Waals surface area contributed by atoms with Crippen LogP contribution in [0.4, 0.5) is 0 Å². The van der Waals surface area contributed by atoms with Gasteiger partial charge in [0, 0.05) is 17.5 Å². The van der Waals surface area contributed by atoms with Gasteiger partial charge < -0.3 is 4.74 Å². The third-order valence-corrected chi connectivity index (χ3v) is 6.13. The highest BCUT2D eigenvalue weighted by Gasteiger charge is 2.09. The number of rotatable bonds is 6. The van der Waals surface area contributed by atoms with Crippen molar-refractivity contribution in [1.29, 1.82) is 0 Å². The summed E-state index contributed by atoms with van der Waals surface area (Å²) in [5.74, 6) is 2.29. The third-order valence-electron chi connectivity index (χ3n) is 3.72. The maximum Gasteiger partial charge on any atom is 0.184 e. The maximum atomic E-state index is 5.98. The van der Waals surface area contributed by atoms with Gasteiger partial charge in [-0.05, 0) is 42.5 Å². The summed E-state index contributed by atoms with van der Waals surface area (Å²) in [6, 6.07) is 21.7. The summed E-state index contributed by atoms with van der Waals surface area (Å²) >= 11 is 8.64. The van der Waals surface area contributed by atoms with Gasteiger partial charge in [0.1, 0.15) is 11.5 Å². The molecule has 0 N–H and O–H groups in total. The minimum Gasteiger partial charge on any atom is -0.455 e. The molecule has 134 valence electrons. The summed E-state index contributed by atoms with van der Waals surface area (Å²) in [5.41, 5.74) is 2.07. The summed E-state index contributed by atoms with van der Waals surface area (Å²) in [4.78, 5) is 4.09. The number of aromatic nitrogens is 3. The van der Waals surface area contributed by atoms with E-state index in [0.717, 1.165) is 36.8 Å². The van der Waals surface area contributed by atoms with Gasteiger partial charge in [-0.3, -0.25) is 4.98 Å². The topological polar surface area (TPSA) is 39.9 Å². The molecule has 27 heavy (non-hydrogen) atoms. The number of benzene rings is 2. The Morgan fingerprint density at radius 3 is 2.63 bits per heavy atom. The fourth-order valence-corrected chi connectivity index (χ4v) is 4.80. The highest BCUT2D eigenvalue weighted by molar-refractivity contribution is 8.00. The van der Waals surface area contributed by atoms with E-state index in [1.165, 1.54) is 11.3 Å². The molecule has 0 aliphatic rings. The summed E-state index contributed by atoms with van der Waals surface area (Å²) < 4.78 is 9.45. The molecule has 4 rings (SSSR count). The number of para-hydroxylation sites is 2. The highest BCUT2D eigenvalue weighted by Crippen LogP contribution is 2.32. The van der Waals surface area contributed by atoms with Crippen LogP contribution < -0.4 is 4.74 Å². The average molecular weight is 410 g/mol. The van der Waals surface area contributed by atoms with Gasteiger partial charge in [0.05, 0.1) is 11.9 Å². The van der Waals surface area contributed by atoms with Crippen LogP contribution in [0.1, 0.15) is 5.56 Å². The molecule has 2 aromatic heterocycles. The van der Waals surface area contributed by atoms with Crippen molar-refractivity contribution in [2.24, 2.45) is 0 Å². The molecule has 0 saturated heterocycles. The predicted octanol–water partition coefficient (Wildman–Crippen LogP) is 6.14. The standard InChI is InChI=1S/C20H15N3OS3/c25-20-23(16-8-2-1-3-9-16)22-19(27-20)26-14-15-7-4-5-11-18(15)24-17-10-6-12-21-13-17/h1-13H,14H2. The molecule has 7 heteroatoms. The lowest BCUT2D eigenvalue weighted by molar-refractivity contribution is 0.476. The highest BCUT2D eigenvalue weighted by atomic mass is 32.2. The molecule has 0 aliphatic carbocycles. The van der Waals surface area contributed by atoms with Gasteiger partial charge >= 0.3 is 0 Å². The monoisotopic (exact) mass is 409 g/mol. The van der Waals surface area contributed by atoms with Gasteiger partial charge in [-0.25, -0.2) is 4.68 Å². The zero-order chi connectivity index (χ0) is 18.5. The van der Waals surface area contributed by atoms with Crippen molar-refractivity contribution < 1.29 is 4.74 Å². The summed E-state index contributed by atoms with van der Waals surface area (Å²) in [6.45, 7) is 0. The van der Waals surface area contributed by atoms with E-state index in [-0.39, 0.29) is 0 Å². The van der Waals surface area contributed by atoms with Gasteiger partial charge in [0.25, 0.3) is 0 Å². The number of hydrogen-bond acceptors (Lipinski definition) is 6. The second-order valence-corrected chi connectivity index (χ2v) is 8.41. The van der Waals surface area contributed by atoms with E-state index in [9.17, 15) is 0 Å². The van der Waals surface area contributed by atoms with E-state index in [4.69, 9.17) is 17.0 Å². The molecular weight excluding hydrogens is 394 g/mol. The van der Waals surface area contributed by atoms with E-state index in [2.05, 4.69) is 16.1 Å². The van der Waals surface area contributed by atoms with Crippen LogP contribution in [0.25, 0.3) is 5.69 Å². The molecule has 0 unspecified atom stereocenters. The SMILES string of the molecule is S=c1sc(SCc2ccccc2Oc2cccnc2)nn1-c1ccccc1. The molecule has 4 nitrogen and oxygen atoms in total. The van der Waals surface area contributed by atoms with Crippen LogP contribution in [0.5, 0.6) is 11.5 Å². The van der Waals surface area contributed by atoms with Gasteiger partial charge in [0.2, 0.25) is 0 Å². The molecular formula is C20H15N3OS3. The van der Waals surface area contributed by atoms with E-state index >= 15 is 0 Å². The Bertz CT molecular complexity index is 1080. The fraction of sp³-hybridized carbons (Fsp3) is 0.0500. The lowest BCUT2D eigenvalue weighted by atomic mass is 10.2. The van der Waals surface area contributed by atoms with Crippen molar-refractivity contribution in [2.75, 3.05) is 0 Å². The van der Waals surface area contributed by atoms with Crippen LogP contribution in [0.15, 0.2) is 83.5 Å². The Morgan fingerprint density at radius 2 is 1.81 bits per heavy atom. The van der Waals surface area contributed by atoms with E-state index in [1.807, 2.05) is 60.7 Å². The Hall–Kier alpha value is -2.48. The lowest BCUT2D eigenvalue weighted by Gasteiger charge is -2.09. The number of ether oxygens (including phenoxy) is 1. The first-order chi connectivity index (χ1) is 13.3. The molecule has 0 spiro atoms. The summed E-state index contributed by atoms with van der Waals surface area (Å²) in [7, 11) is 0. The van der Waals surface area contributed by atoms with Crippen LogP contribution >= 0.6 is 35.3 Å². The molecule has 4 aromatic rings. The predicted molar refractivity (Wildman–Crippen MR) is 113 cm³/mol. The molecule has 2 heterocycles. The van der Waals surface area contributed by atoms with E-state index in [0.29, 0.717) is 0 Å². The van der Waals surface area contributed by atoms with Crippen LogP contribution in [-0.4, -0.2) is 14.8 Å². The first-order valence-electron chi connectivity index (χ1n) is 8.24. The average Bonchev–Trinajstić information content (AvgIpc) is 3.09. The normalized spacial score (nSPS) is 10.7. The minimum absolute atomic E-state index is 0.721. The first-order valence-corrected chi connectivity index (χ1v) is 10.4. The number of pyridine rings is 1. The fourth-order valence-electron chi connectivity index (χ4n) is 2.45. The van der Waals surface area contributed by atoms with Gasteiger partial charge in [-0.2, -0.15) is 0 Å². The molecule has 0 atom stereocenters. The van der Waals surface area contributed by atoms with Crippen molar-refractivity contribution in [2.45, 2.75) is 10.1 Å². The molecule has 0 fully saturated rings. The van der Waals surface area contributed by atoms with E-state index < -0.39 is 0 Å². The van der Waals surface area contributed by atoms with Gasteiger partial charge in [-0.15, -0.1) is 5.10 Å². The smallest absolute Gasteiger partial charge is 0.184 e. The molecule has 0 amide bonds. The maximum absolute atomic E-state index is 5.98. The minimum atomic E-state index is 0.721. The first kappa shape index (κ1) is 17.9. The second-order valence-electron chi connectivity index (χ2n) is 5.57. The zero-order valence-electron chi connectivity index (χ0n) is 14.2. The van der Waals surface area contributed by atoms with Crippen molar-refractivity contribution in [3.63, 3.8) is 0 Å². The summed E-state index contributed by atoms with van der Waals surface area (Å²) in [6.07, 6.45) is 3.43. The van der Waals surface area contributed by atoms with Crippen LogP contribution in [0.2, 0.25) is 0 Å². The Balaban J connectivity index is 1.51. The Kier molecular flexibility index (Phi) is 5.62. The number of nitrogens with zero attached hydrogens (tertiary/aromatic N) is 3. The molecule has 0 radical (unpaired) electrons. The van der Waals surface area contributed by atoms with Crippen LogP contribution in [0, 0.1) is 3.95 Å². The lowest BCUT2D eigenvalue weighted by Crippen LogP contribution is -1.95. The Morgan fingerprint density at radius 1 is 1.00 bits per heavy atom. The van der Waals surface area contributed by atoms with Crippen molar-refractivity contribution in [1.82, 2.24) is 14.8 Å². The van der Waals surface area contributed by atoms with Gasteiger partial charge in [-0.1, -0.05) is 59.5 Å². The van der Waals surface area contributed by atoms with Gasteiger partial charge in [0.15, 0.2) is 8.29 Å². The Labute approximate surface area is 170 Å².